The maximum Gasteiger partial charge on any atom is 0.331 e. The summed E-state index contributed by atoms with van der Waals surface area (Å²) >= 11 is 0. The van der Waals surface area contributed by atoms with E-state index in [0.717, 1.165) is 0 Å². The third-order valence-corrected chi connectivity index (χ3v) is 2.52. The van der Waals surface area contributed by atoms with E-state index in [1.807, 2.05) is 0 Å². The number of aliphatic carboxylic acids is 1. The van der Waals surface area contributed by atoms with Crippen molar-refractivity contribution in [3.8, 4) is 0 Å². The van der Waals surface area contributed by atoms with E-state index >= 15 is 0 Å². The number of hydrogen-bond donors (Lipinski definition) is 2. The average Bonchev–Trinajstić information content (AvgIpc) is 2.82. The van der Waals surface area contributed by atoms with Gasteiger partial charge in [0.25, 0.3) is 5.91 Å². The molecule has 19 heavy (non-hydrogen) atoms. The fraction of sp³-hybridized carbons (Fsp3) is 0.167. The summed E-state index contributed by atoms with van der Waals surface area (Å²) < 4.78 is 1.48. The lowest BCUT2D eigenvalue weighted by Crippen LogP contribution is -2.33. The van der Waals surface area contributed by atoms with Gasteiger partial charge in [0.2, 0.25) is 0 Å². The molecular formula is C12H12N4O3. The Hall–Kier alpha value is -2.70. The van der Waals surface area contributed by atoms with E-state index in [2.05, 4.69) is 15.4 Å². The van der Waals surface area contributed by atoms with E-state index in [4.69, 9.17) is 5.11 Å². The van der Waals surface area contributed by atoms with Gasteiger partial charge >= 0.3 is 5.97 Å². The van der Waals surface area contributed by atoms with Crippen molar-refractivity contribution >= 4 is 11.9 Å². The van der Waals surface area contributed by atoms with Crippen LogP contribution >= 0.6 is 0 Å². The highest BCUT2D eigenvalue weighted by atomic mass is 16.4. The van der Waals surface area contributed by atoms with Gasteiger partial charge in [-0.25, -0.2) is 4.79 Å². The molecule has 0 aromatic carbocycles. The van der Waals surface area contributed by atoms with Crippen molar-refractivity contribution in [2.75, 3.05) is 0 Å². The third-order valence-electron chi connectivity index (χ3n) is 2.52. The van der Waals surface area contributed by atoms with Crippen molar-refractivity contribution in [3.05, 3.63) is 48.0 Å². The fourth-order valence-corrected chi connectivity index (χ4v) is 1.59. The lowest BCUT2D eigenvalue weighted by Gasteiger charge is -2.12. The molecule has 0 saturated heterocycles. The molecule has 0 radical (unpaired) electrons. The Morgan fingerprint density at radius 3 is 2.58 bits per heavy atom. The van der Waals surface area contributed by atoms with Crippen LogP contribution in [0.25, 0.3) is 0 Å². The van der Waals surface area contributed by atoms with Crippen LogP contribution in [0.4, 0.5) is 0 Å². The maximum absolute atomic E-state index is 11.9. The Balaban J connectivity index is 2.18. The summed E-state index contributed by atoms with van der Waals surface area (Å²) in [6, 6.07) is 1.89. The lowest BCUT2D eigenvalue weighted by molar-refractivity contribution is -0.139. The van der Waals surface area contributed by atoms with E-state index in [0.29, 0.717) is 11.1 Å². The van der Waals surface area contributed by atoms with Crippen molar-refractivity contribution in [1.29, 1.82) is 0 Å². The number of carbonyl (C=O) groups is 2. The fourth-order valence-electron chi connectivity index (χ4n) is 1.59. The van der Waals surface area contributed by atoms with Crippen LogP contribution in [0.5, 0.6) is 0 Å². The molecule has 2 rings (SSSR count). The molecule has 7 heteroatoms. The van der Waals surface area contributed by atoms with Gasteiger partial charge in [-0.05, 0) is 12.1 Å². The van der Waals surface area contributed by atoms with Crippen molar-refractivity contribution in [2.45, 2.75) is 6.04 Å². The molecular weight excluding hydrogens is 248 g/mol. The second-order valence-corrected chi connectivity index (χ2v) is 3.93. The Bertz CT molecular complexity index is 594. The number of nitrogens with zero attached hydrogens (tertiary/aromatic N) is 3. The Morgan fingerprint density at radius 2 is 2.05 bits per heavy atom. The van der Waals surface area contributed by atoms with E-state index in [9.17, 15) is 9.59 Å². The standard InChI is InChI=1S/C12H12N4O3/c1-16-7-9(6-14-16)10(12(18)19)15-11(17)8-2-4-13-5-3-8/h2-7,10H,1H3,(H,15,17)(H,18,19). The summed E-state index contributed by atoms with van der Waals surface area (Å²) in [6.07, 6.45) is 5.89. The number of carbonyl (C=O) groups excluding carboxylic acids is 1. The lowest BCUT2D eigenvalue weighted by atomic mass is 10.1. The predicted octanol–water partition coefficient (Wildman–Crippen LogP) is 0.371. The van der Waals surface area contributed by atoms with Gasteiger partial charge in [0.05, 0.1) is 6.20 Å². The third kappa shape index (κ3) is 2.95. The molecule has 0 aliphatic rings. The number of hydrogen-bond acceptors (Lipinski definition) is 4. The highest BCUT2D eigenvalue weighted by Gasteiger charge is 2.23. The summed E-state index contributed by atoms with van der Waals surface area (Å²) in [4.78, 5) is 26.9. The van der Waals surface area contributed by atoms with Crippen LogP contribution in [-0.4, -0.2) is 31.7 Å². The van der Waals surface area contributed by atoms with Crippen molar-refractivity contribution < 1.29 is 14.7 Å². The molecule has 2 aromatic heterocycles. The van der Waals surface area contributed by atoms with Gasteiger partial charge in [-0.1, -0.05) is 0 Å². The molecule has 0 fully saturated rings. The van der Waals surface area contributed by atoms with Crippen LogP contribution in [0.2, 0.25) is 0 Å². The van der Waals surface area contributed by atoms with Crippen LogP contribution in [0, 0.1) is 0 Å². The summed E-state index contributed by atoms with van der Waals surface area (Å²) in [7, 11) is 1.67. The minimum Gasteiger partial charge on any atom is -0.479 e. The molecule has 0 saturated carbocycles. The van der Waals surface area contributed by atoms with Gasteiger partial charge in [0.15, 0.2) is 6.04 Å². The van der Waals surface area contributed by atoms with E-state index < -0.39 is 17.9 Å². The number of amides is 1. The molecule has 0 bridgehead atoms. The quantitative estimate of drug-likeness (QED) is 0.827. The van der Waals surface area contributed by atoms with Gasteiger partial charge in [-0.3, -0.25) is 14.5 Å². The highest BCUT2D eigenvalue weighted by Crippen LogP contribution is 2.13. The van der Waals surface area contributed by atoms with Gasteiger partial charge < -0.3 is 10.4 Å². The van der Waals surface area contributed by atoms with Crippen molar-refractivity contribution in [2.24, 2.45) is 7.05 Å². The predicted molar refractivity (Wildman–Crippen MR) is 65.3 cm³/mol. The number of pyridine rings is 1. The monoisotopic (exact) mass is 260 g/mol. The van der Waals surface area contributed by atoms with Gasteiger partial charge in [-0.15, -0.1) is 0 Å². The molecule has 0 aliphatic carbocycles. The molecule has 2 heterocycles. The first-order valence-corrected chi connectivity index (χ1v) is 5.50. The molecule has 98 valence electrons. The zero-order valence-corrected chi connectivity index (χ0v) is 10.1. The highest BCUT2D eigenvalue weighted by molar-refractivity contribution is 5.96. The molecule has 0 spiro atoms. The number of aryl methyl sites for hydroxylation is 1. The Kier molecular flexibility index (Phi) is 3.56. The van der Waals surface area contributed by atoms with Crippen LogP contribution < -0.4 is 5.32 Å². The SMILES string of the molecule is Cn1cc(C(NC(=O)c2ccncc2)C(=O)O)cn1. The van der Waals surface area contributed by atoms with Gasteiger partial charge in [0, 0.05) is 36.8 Å². The zero-order valence-electron chi connectivity index (χ0n) is 10.1. The molecule has 0 aliphatic heterocycles. The minimum atomic E-state index is -1.14. The zero-order chi connectivity index (χ0) is 13.8. The number of carboxylic acids is 1. The van der Waals surface area contributed by atoms with Crippen molar-refractivity contribution in [3.63, 3.8) is 0 Å². The smallest absolute Gasteiger partial charge is 0.331 e. The molecule has 1 amide bonds. The van der Waals surface area contributed by atoms with E-state index in [-0.39, 0.29) is 0 Å². The topological polar surface area (TPSA) is 97.1 Å². The summed E-state index contributed by atoms with van der Waals surface area (Å²) in [5.74, 6) is -1.62. The molecule has 1 atom stereocenters. The molecule has 2 N–H and O–H groups in total. The van der Waals surface area contributed by atoms with Gasteiger partial charge in [0.1, 0.15) is 0 Å². The van der Waals surface area contributed by atoms with Crippen LogP contribution in [-0.2, 0) is 11.8 Å². The number of aromatic nitrogens is 3. The average molecular weight is 260 g/mol. The minimum absolute atomic E-state index is 0.352. The number of carboxylic acid groups (broad SMARTS) is 1. The molecule has 1 unspecified atom stereocenters. The normalized spacial score (nSPS) is 11.8. The van der Waals surface area contributed by atoms with Crippen LogP contribution in [0.1, 0.15) is 22.0 Å². The van der Waals surface area contributed by atoms with E-state index in [1.165, 1.54) is 35.4 Å². The second-order valence-electron chi connectivity index (χ2n) is 3.93. The van der Waals surface area contributed by atoms with Crippen LogP contribution in [0.3, 0.4) is 0 Å². The Morgan fingerprint density at radius 1 is 1.37 bits per heavy atom. The first-order valence-electron chi connectivity index (χ1n) is 5.50. The van der Waals surface area contributed by atoms with Gasteiger partial charge in [-0.2, -0.15) is 5.10 Å². The Labute approximate surface area is 108 Å². The molecule has 2 aromatic rings. The number of rotatable bonds is 4. The second kappa shape index (κ2) is 5.30. The summed E-state index contributed by atoms with van der Waals surface area (Å²) in [5, 5.41) is 15.5. The largest absolute Gasteiger partial charge is 0.479 e. The van der Waals surface area contributed by atoms with Crippen molar-refractivity contribution in [1.82, 2.24) is 20.1 Å². The first kappa shape index (κ1) is 12.7. The maximum atomic E-state index is 11.9. The summed E-state index contributed by atoms with van der Waals surface area (Å²) in [6.45, 7) is 0. The first-order chi connectivity index (χ1) is 9.08. The molecule has 7 nitrogen and oxygen atoms in total. The van der Waals surface area contributed by atoms with Crippen LogP contribution in [0.15, 0.2) is 36.9 Å². The number of nitrogens with one attached hydrogen (secondary N) is 1. The summed E-state index contributed by atoms with van der Waals surface area (Å²) in [5.41, 5.74) is 0.766. The van der Waals surface area contributed by atoms with E-state index in [1.54, 1.807) is 13.2 Å².